The number of hydrogen-bond acceptors (Lipinski definition) is 4. The van der Waals surface area contributed by atoms with Crippen LogP contribution in [0, 0.1) is 6.92 Å². The van der Waals surface area contributed by atoms with E-state index >= 15 is 0 Å². The van der Waals surface area contributed by atoms with Crippen molar-refractivity contribution in [2.75, 3.05) is 5.32 Å². The molecule has 0 bridgehead atoms. The molecular formula is C26H26N6. The normalized spacial score (nSPS) is 12.2. The number of nitrogens with one attached hydrogen (secondary N) is 2. The molecule has 0 atom stereocenters. The number of hydrogen-bond donors (Lipinski definition) is 2. The van der Waals surface area contributed by atoms with E-state index in [1.807, 2.05) is 62.9 Å². The quantitative estimate of drug-likeness (QED) is 0.495. The molecule has 0 unspecified atom stereocenters. The molecule has 0 saturated heterocycles. The lowest BCUT2D eigenvalue weighted by Gasteiger charge is -2.14. The first-order valence-corrected chi connectivity index (χ1v) is 10.3. The van der Waals surface area contributed by atoms with Gasteiger partial charge in [-0.2, -0.15) is 10.2 Å². The van der Waals surface area contributed by atoms with E-state index in [1.54, 1.807) is 10.9 Å². The zero-order valence-electron chi connectivity index (χ0n) is 18.6. The van der Waals surface area contributed by atoms with Crippen molar-refractivity contribution in [3.8, 4) is 11.1 Å². The zero-order chi connectivity index (χ0) is 22.7. The summed E-state index contributed by atoms with van der Waals surface area (Å²) in [6.07, 6.45) is 11.5. The third-order valence-corrected chi connectivity index (χ3v) is 5.44. The Bertz CT molecular complexity index is 1410. The molecule has 2 N–H and O–H groups in total. The van der Waals surface area contributed by atoms with Gasteiger partial charge in [-0.25, -0.2) is 0 Å². The number of rotatable bonds is 6. The first kappa shape index (κ1) is 21.1. The van der Waals surface area contributed by atoms with Gasteiger partial charge < -0.3 is 5.32 Å². The molecule has 4 aromatic rings. The first-order chi connectivity index (χ1) is 15.4. The third kappa shape index (κ3) is 4.30. The van der Waals surface area contributed by atoms with Gasteiger partial charge in [-0.3, -0.25) is 14.8 Å². The molecule has 6 heteroatoms. The fraction of sp³-hybridized carbons (Fsp3) is 0.115. The van der Waals surface area contributed by atoms with Crippen LogP contribution in [0.4, 0.5) is 5.69 Å². The lowest BCUT2D eigenvalue weighted by Crippen LogP contribution is -2.23. The molecule has 32 heavy (non-hydrogen) atoms. The summed E-state index contributed by atoms with van der Waals surface area (Å²) >= 11 is 0. The number of benzene rings is 1. The second-order valence-corrected chi connectivity index (χ2v) is 7.71. The van der Waals surface area contributed by atoms with E-state index in [9.17, 15) is 0 Å². The predicted octanol–water partition coefficient (Wildman–Crippen LogP) is 3.89. The van der Waals surface area contributed by atoms with Crippen molar-refractivity contribution >= 4 is 29.6 Å². The molecule has 0 spiro atoms. The monoisotopic (exact) mass is 422 g/mol. The number of nitrogens with zero attached hydrogens (tertiary/aromatic N) is 4. The van der Waals surface area contributed by atoms with E-state index < -0.39 is 0 Å². The smallest absolute Gasteiger partial charge is 0.115 e. The van der Waals surface area contributed by atoms with Gasteiger partial charge in [-0.15, -0.1) is 0 Å². The Hall–Kier alpha value is -4.19. The van der Waals surface area contributed by atoms with Crippen LogP contribution in [-0.4, -0.2) is 25.0 Å². The highest BCUT2D eigenvalue weighted by molar-refractivity contribution is 5.80. The molecule has 0 fully saturated rings. The minimum absolute atomic E-state index is 0.685. The van der Waals surface area contributed by atoms with E-state index in [0.29, 0.717) is 11.4 Å². The molecule has 0 aliphatic rings. The average Bonchev–Trinajstić information content (AvgIpc) is 3.39. The van der Waals surface area contributed by atoms with Crippen LogP contribution < -0.4 is 15.9 Å². The standard InChI is InChI=1S/C26H26N6/c1-17(22-15-28-32(5)16-22)11-12-25-19(3)26(31-30-25)20(4)29-24-10-6-9-23(18(24)2)21-8-7-13-27-14-21/h6-16,29-30H,3-4H2,1-2,5H3/b17-11+,25-12+. The van der Waals surface area contributed by atoms with Crippen LogP contribution in [0.1, 0.15) is 23.7 Å². The van der Waals surface area contributed by atoms with Crippen molar-refractivity contribution in [2.24, 2.45) is 7.05 Å². The Morgan fingerprint density at radius 1 is 1.19 bits per heavy atom. The molecule has 0 radical (unpaired) electrons. The van der Waals surface area contributed by atoms with Gasteiger partial charge in [0.15, 0.2) is 0 Å². The van der Waals surface area contributed by atoms with E-state index in [2.05, 4.69) is 57.8 Å². The predicted molar refractivity (Wildman–Crippen MR) is 132 cm³/mol. The van der Waals surface area contributed by atoms with Gasteiger partial charge in [-0.1, -0.05) is 37.4 Å². The van der Waals surface area contributed by atoms with Crippen LogP contribution in [-0.2, 0) is 7.05 Å². The van der Waals surface area contributed by atoms with Gasteiger partial charge >= 0.3 is 0 Å². The summed E-state index contributed by atoms with van der Waals surface area (Å²) in [7, 11) is 1.91. The Morgan fingerprint density at radius 3 is 2.75 bits per heavy atom. The van der Waals surface area contributed by atoms with E-state index in [4.69, 9.17) is 0 Å². The topological polar surface area (TPSA) is 71.4 Å². The number of aromatic amines is 1. The summed E-state index contributed by atoms with van der Waals surface area (Å²) in [6.45, 7) is 12.5. The maximum atomic E-state index is 4.44. The highest BCUT2D eigenvalue weighted by atomic mass is 15.2. The summed E-state index contributed by atoms with van der Waals surface area (Å²) in [5, 5.41) is 16.8. The summed E-state index contributed by atoms with van der Waals surface area (Å²) in [6, 6.07) is 10.1. The molecule has 160 valence electrons. The minimum Gasteiger partial charge on any atom is -0.354 e. The summed E-state index contributed by atoms with van der Waals surface area (Å²) in [5.41, 5.74) is 7.85. The van der Waals surface area contributed by atoms with Crippen LogP contribution in [0.2, 0.25) is 0 Å². The van der Waals surface area contributed by atoms with Crippen LogP contribution in [0.25, 0.3) is 35.1 Å². The highest BCUT2D eigenvalue weighted by Crippen LogP contribution is 2.29. The van der Waals surface area contributed by atoms with Gasteiger partial charge in [0.1, 0.15) is 5.69 Å². The largest absolute Gasteiger partial charge is 0.354 e. The Labute approximate surface area is 187 Å². The molecule has 4 rings (SSSR count). The van der Waals surface area contributed by atoms with Crippen molar-refractivity contribution in [3.63, 3.8) is 0 Å². The Balaban J connectivity index is 1.58. The van der Waals surface area contributed by atoms with Crippen molar-refractivity contribution in [1.29, 1.82) is 0 Å². The second-order valence-electron chi connectivity index (χ2n) is 7.71. The number of aromatic nitrogens is 5. The number of anilines is 1. The van der Waals surface area contributed by atoms with Gasteiger partial charge in [0.05, 0.1) is 17.2 Å². The van der Waals surface area contributed by atoms with Crippen molar-refractivity contribution in [3.05, 3.63) is 95.2 Å². The van der Waals surface area contributed by atoms with Gasteiger partial charge in [0.2, 0.25) is 0 Å². The fourth-order valence-electron chi connectivity index (χ4n) is 3.52. The molecular weight excluding hydrogens is 396 g/mol. The fourth-order valence-corrected chi connectivity index (χ4v) is 3.52. The summed E-state index contributed by atoms with van der Waals surface area (Å²) < 4.78 is 1.79. The van der Waals surface area contributed by atoms with Crippen LogP contribution in [0.3, 0.4) is 0 Å². The SMILES string of the molecule is C=C(Nc1cccc(-c2cccnc2)c1C)c1n[nH]/c(=C/C=C(\C)c2cnn(C)c2)c1=C. The van der Waals surface area contributed by atoms with E-state index in [-0.39, 0.29) is 0 Å². The van der Waals surface area contributed by atoms with Gasteiger partial charge in [0, 0.05) is 47.7 Å². The summed E-state index contributed by atoms with van der Waals surface area (Å²) in [5.74, 6) is 0. The maximum Gasteiger partial charge on any atom is 0.115 e. The second kappa shape index (κ2) is 8.89. The highest BCUT2D eigenvalue weighted by Gasteiger charge is 2.10. The molecule has 3 heterocycles. The molecule has 0 aliphatic carbocycles. The van der Waals surface area contributed by atoms with Crippen molar-refractivity contribution in [2.45, 2.75) is 13.8 Å². The minimum atomic E-state index is 0.685. The molecule has 6 nitrogen and oxygen atoms in total. The average molecular weight is 423 g/mol. The molecule has 0 saturated carbocycles. The van der Waals surface area contributed by atoms with E-state index in [1.165, 1.54) is 0 Å². The van der Waals surface area contributed by atoms with Gasteiger partial charge in [0.25, 0.3) is 0 Å². The van der Waals surface area contributed by atoms with E-state index in [0.717, 1.165) is 44.1 Å². The molecule has 0 aliphatic heterocycles. The molecule has 1 aromatic carbocycles. The number of pyridine rings is 1. The summed E-state index contributed by atoms with van der Waals surface area (Å²) in [4.78, 5) is 4.23. The van der Waals surface area contributed by atoms with Gasteiger partial charge in [-0.05, 0) is 48.8 Å². The maximum absolute atomic E-state index is 4.44. The lowest BCUT2D eigenvalue weighted by atomic mass is 10.0. The zero-order valence-corrected chi connectivity index (χ0v) is 18.6. The number of allylic oxidation sites excluding steroid dienone is 2. The van der Waals surface area contributed by atoms with Crippen molar-refractivity contribution < 1.29 is 0 Å². The lowest BCUT2D eigenvalue weighted by molar-refractivity contribution is 0.767. The van der Waals surface area contributed by atoms with Crippen LogP contribution in [0.15, 0.2) is 67.8 Å². The first-order valence-electron chi connectivity index (χ1n) is 10.3. The number of aryl methyl sites for hydroxylation is 1. The van der Waals surface area contributed by atoms with Crippen molar-refractivity contribution in [1.82, 2.24) is 25.0 Å². The Morgan fingerprint density at radius 2 is 2.03 bits per heavy atom. The third-order valence-electron chi connectivity index (χ3n) is 5.44. The number of H-pyrrole nitrogens is 1. The Kier molecular flexibility index (Phi) is 5.85. The van der Waals surface area contributed by atoms with Crippen LogP contribution in [0.5, 0.6) is 0 Å². The molecule has 3 aromatic heterocycles. The molecule has 0 amide bonds. The van der Waals surface area contributed by atoms with Crippen LogP contribution >= 0.6 is 0 Å².